The Hall–Kier alpha value is -3.66. The number of pyridine rings is 1. The zero-order valence-electron chi connectivity index (χ0n) is 22.2. The highest BCUT2D eigenvalue weighted by atomic mass is 16.5. The molecule has 1 aromatic heterocycles. The minimum Gasteiger partial charge on any atom is -0.482 e. The molecule has 0 spiro atoms. The Morgan fingerprint density at radius 2 is 1.87 bits per heavy atom. The van der Waals surface area contributed by atoms with E-state index in [4.69, 9.17) is 9.47 Å². The van der Waals surface area contributed by atoms with Gasteiger partial charge in [0.2, 0.25) is 5.91 Å². The lowest BCUT2D eigenvalue weighted by Crippen LogP contribution is -2.49. The van der Waals surface area contributed by atoms with E-state index in [1.165, 1.54) is 29.5 Å². The van der Waals surface area contributed by atoms with Gasteiger partial charge in [-0.25, -0.2) is 9.78 Å². The molecule has 1 saturated carbocycles. The number of hydrogen-bond acceptors (Lipinski definition) is 6. The molecular weight excluding hydrogens is 500 g/mol. The second-order valence-electron chi connectivity index (χ2n) is 10.7. The van der Waals surface area contributed by atoms with Crippen molar-refractivity contribution in [3.63, 3.8) is 0 Å². The van der Waals surface area contributed by atoms with E-state index < -0.39 is 18.3 Å². The highest BCUT2D eigenvalue weighted by Crippen LogP contribution is 2.40. The van der Waals surface area contributed by atoms with Gasteiger partial charge < -0.3 is 30.1 Å². The van der Waals surface area contributed by atoms with Crippen LogP contribution in [0.15, 0.2) is 42.6 Å². The maximum Gasteiger partial charge on any atom is 0.407 e. The van der Waals surface area contributed by atoms with Crippen LogP contribution in [-0.4, -0.2) is 70.8 Å². The molecule has 10 heteroatoms. The summed E-state index contributed by atoms with van der Waals surface area (Å²) in [6.45, 7) is 3.24. The summed E-state index contributed by atoms with van der Waals surface area (Å²) in [6.07, 6.45) is 5.04. The molecule has 39 heavy (non-hydrogen) atoms. The molecule has 2 aliphatic heterocycles. The Labute approximate surface area is 228 Å². The van der Waals surface area contributed by atoms with Crippen molar-refractivity contribution in [2.45, 2.75) is 75.7 Å². The molecule has 208 valence electrons. The molecule has 3 fully saturated rings. The lowest BCUT2D eigenvalue weighted by atomic mass is 10.00. The van der Waals surface area contributed by atoms with E-state index in [1.54, 1.807) is 12.1 Å². The van der Waals surface area contributed by atoms with Crippen LogP contribution in [0.4, 0.5) is 4.79 Å². The smallest absolute Gasteiger partial charge is 0.407 e. The number of aromatic nitrogens is 1. The van der Waals surface area contributed by atoms with Crippen LogP contribution < -0.4 is 15.4 Å². The first-order chi connectivity index (χ1) is 18.9. The first-order valence-electron chi connectivity index (χ1n) is 13.8. The minimum absolute atomic E-state index is 0.141. The van der Waals surface area contributed by atoms with Crippen LogP contribution in [0, 0.1) is 0 Å². The number of nitrogens with zero attached hydrogens (tertiary/aromatic N) is 2. The largest absolute Gasteiger partial charge is 0.482 e. The van der Waals surface area contributed by atoms with Crippen molar-refractivity contribution >= 4 is 17.9 Å². The summed E-state index contributed by atoms with van der Waals surface area (Å²) in [7, 11) is 0. The molecule has 0 unspecified atom stereocenters. The van der Waals surface area contributed by atoms with Gasteiger partial charge in [-0.1, -0.05) is 24.3 Å². The number of likely N-dealkylation sites (tertiary alicyclic amines) is 1. The molecule has 1 aromatic carbocycles. The molecule has 3 N–H and O–H groups in total. The topological polar surface area (TPSA) is 130 Å². The summed E-state index contributed by atoms with van der Waals surface area (Å²) in [5.41, 5.74) is 2.47. The molecule has 2 aromatic rings. The van der Waals surface area contributed by atoms with E-state index in [1.807, 2.05) is 19.1 Å². The predicted molar refractivity (Wildman–Crippen MR) is 143 cm³/mol. The fourth-order valence-corrected chi connectivity index (χ4v) is 5.27. The van der Waals surface area contributed by atoms with Crippen LogP contribution in [0.2, 0.25) is 0 Å². The van der Waals surface area contributed by atoms with Crippen molar-refractivity contribution in [2.24, 2.45) is 0 Å². The molecule has 3 heterocycles. The highest BCUT2D eigenvalue weighted by molar-refractivity contribution is 5.92. The maximum atomic E-state index is 12.8. The van der Waals surface area contributed by atoms with Gasteiger partial charge in [-0.05, 0) is 74.6 Å². The van der Waals surface area contributed by atoms with Gasteiger partial charge >= 0.3 is 6.09 Å². The Morgan fingerprint density at radius 1 is 1.08 bits per heavy atom. The Bertz CT molecular complexity index is 1160. The number of carboxylic acid groups (broad SMARTS) is 1. The molecule has 10 nitrogen and oxygen atoms in total. The average molecular weight is 537 g/mol. The minimum atomic E-state index is -0.980. The third-order valence-corrected chi connectivity index (χ3v) is 7.62. The lowest BCUT2D eigenvalue weighted by molar-refractivity contribution is -0.131. The number of ether oxygens (including phenoxy) is 2. The first-order valence-corrected chi connectivity index (χ1v) is 13.8. The van der Waals surface area contributed by atoms with Crippen molar-refractivity contribution in [2.75, 3.05) is 19.7 Å². The first kappa shape index (κ1) is 26.9. The number of rotatable bonds is 9. The third kappa shape index (κ3) is 6.86. The van der Waals surface area contributed by atoms with E-state index in [0.29, 0.717) is 44.1 Å². The number of benzene rings is 1. The number of piperidine rings is 1. The molecule has 4 atom stereocenters. The highest BCUT2D eigenvalue weighted by Gasteiger charge is 2.30. The van der Waals surface area contributed by atoms with Crippen molar-refractivity contribution in [1.82, 2.24) is 20.5 Å². The van der Waals surface area contributed by atoms with E-state index in [-0.39, 0.29) is 36.1 Å². The molecule has 1 aliphatic carbocycles. The van der Waals surface area contributed by atoms with Crippen LogP contribution >= 0.6 is 0 Å². The van der Waals surface area contributed by atoms with Gasteiger partial charge in [0.25, 0.3) is 5.91 Å². The van der Waals surface area contributed by atoms with Gasteiger partial charge in [-0.3, -0.25) is 9.59 Å². The van der Waals surface area contributed by atoms with Gasteiger partial charge in [0.15, 0.2) is 0 Å². The fraction of sp³-hybridized carbons (Fsp3) is 0.517. The Balaban J connectivity index is 1.25. The fourth-order valence-electron chi connectivity index (χ4n) is 5.27. The maximum absolute atomic E-state index is 12.8. The van der Waals surface area contributed by atoms with E-state index in [0.717, 1.165) is 12.0 Å². The van der Waals surface area contributed by atoms with Crippen LogP contribution in [0.25, 0.3) is 0 Å². The van der Waals surface area contributed by atoms with Crippen molar-refractivity contribution in [3.05, 3.63) is 59.4 Å². The summed E-state index contributed by atoms with van der Waals surface area (Å²) in [5, 5.41) is 15.2. The van der Waals surface area contributed by atoms with Gasteiger partial charge in [0.05, 0.1) is 12.2 Å². The number of amides is 3. The van der Waals surface area contributed by atoms with Crippen LogP contribution in [-0.2, 0) is 9.53 Å². The normalized spacial score (nSPS) is 22.5. The van der Waals surface area contributed by atoms with Crippen LogP contribution in [0.5, 0.6) is 5.75 Å². The SMILES string of the molecule is C[C@H](NC(=O)[C@H]1CCCO1)[C@H](Oc1ccc(C(=O)N[C@H]2CCCN(C(=O)O)C2)nc1)c1ccc(C2CC2)cc1. The second kappa shape index (κ2) is 12.0. The molecule has 3 amide bonds. The summed E-state index contributed by atoms with van der Waals surface area (Å²) >= 11 is 0. The summed E-state index contributed by atoms with van der Waals surface area (Å²) in [4.78, 5) is 42.4. The molecule has 0 radical (unpaired) electrons. The molecule has 3 aliphatic rings. The average Bonchev–Trinajstić information content (AvgIpc) is 3.65. The van der Waals surface area contributed by atoms with Crippen LogP contribution in [0.1, 0.15) is 79.1 Å². The van der Waals surface area contributed by atoms with E-state index >= 15 is 0 Å². The summed E-state index contributed by atoms with van der Waals surface area (Å²) in [6, 6.07) is 11.0. The molecular formula is C29H36N4O6. The van der Waals surface area contributed by atoms with Crippen molar-refractivity contribution < 1.29 is 29.0 Å². The van der Waals surface area contributed by atoms with Gasteiger partial charge in [0, 0.05) is 25.7 Å². The Kier molecular flexibility index (Phi) is 8.30. The van der Waals surface area contributed by atoms with Crippen molar-refractivity contribution in [1.29, 1.82) is 0 Å². The Morgan fingerprint density at radius 3 is 2.51 bits per heavy atom. The zero-order valence-corrected chi connectivity index (χ0v) is 22.2. The zero-order chi connectivity index (χ0) is 27.4. The second-order valence-corrected chi connectivity index (χ2v) is 10.7. The summed E-state index contributed by atoms with van der Waals surface area (Å²) in [5.74, 6) is 0.607. The quantitative estimate of drug-likeness (QED) is 0.446. The molecule has 2 saturated heterocycles. The van der Waals surface area contributed by atoms with Gasteiger partial charge in [-0.15, -0.1) is 0 Å². The van der Waals surface area contributed by atoms with E-state index in [9.17, 15) is 19.5 Å². The standard InChI is InChI=1S/C29H36N4O6/c1-18(31-28(35)25-5-3-15-38-25)26(21-10-8-20(9-11-21)19-6-7-19)39-23-12-13-24(30-16-23)27(34)32-22-4-2-14-33(17-22)29(36)37/h8-13,16,18-19,22,25-26H,2-7,14-15,17H2,1H3,(H,31,35)(H,32,34)(H,36,37)/t18-,22-,25+,26-/m0/s1. The van der Waals surface area contributed by atoms with E-state index in [2.05, 4.69) is 27.8 Å². The monoisotopic (exact) mass is 536 g/mol. The molecule has 5 rings (SSSR count). The number of carbonyl (C=O) groups excluding carboxylic acids is 2. The van der Waals surface area contributed by atoms with Gasteiger partial charge in [-0.2, -0.15) is 0 Å². The van der Waals surface area contributed by atoms with Crippen molar-refractivity contribution in [3.8, 4) is 5.75 Å². The van der Waals surface area contributed by atoms with Crippen LogP contribution in [0.3, 0.4) is 0 Å². The summed E-state index contributed by atoms with van der Waals surface area (Å²) < 4.78 is 11.9. The predicted octanol–water partition coefficient (Wildman–Crippen LogP) is 3.64. The number of hydrogen-bond donors (Lipinski definition) is 3. The third-order valence-electron chi connectivity index (χ3n) is 7.62. The molecule has 0 bridgehead atoms. The number of nitrogens with one attached hydrogen (secondary N) is 2. The lowest BCUT2D eigenvalue weighted by Gasteiger charge is -2.31. The van der Waals surface area contributed by atoms with Gasteiger partial charge in [0.1, 0.15) is 23.7 Å². The number of carbonyl (C=O) groups is 3.